The maximum Gasteiger partial charge on any atom is 0.213 e. The van der Waals surface area contributed by atoms with Crippen LogP contribution < -0.4 is 4.57 Å². The third-order valence-electron chi connectivity index (χ3n) is 11.7. The highest BCUT2D eigenvalue weighted by Crippen LogP contribution is 2.63. The molecular weight excluding hydrogens is 422 g/mol. The van der Waals surface area contributed by atoms with E-state index >= 15 is 0 Å². The van der Waals surface area contributed by atoms with Gasteiger partial charge < -0.3 is 0 Å². The van der Waals surface area contributed by atoms with Gasteiger partial charge in [0.25, 0.3) is 0 Å². The Bertz CT molecular complexity index is 1310. The number of aromatic nitrogens is 1. The fourth-order valence-corrected chi connectivity index (χ4v) is 7.39. The summed E-state index contributed by atoms with van der Waals surface area (Å²) in [6, 6.07) is 20.8. The van der Waals surface area contributed by atoms with Crippen molar-refractivity contribution >= 4 is 0 Å². The summed E-state index contributed by atoms with van der Waals surface area (Å²) in [5.41, 5.74) is 10.4. The highest BCUT2D eigenvalue weighted by molar-refractivity contribution is 5.74. The van der Waals surface area contributed by atoms with E-state index in [9.17, 15) is 0 Å². The molecule has 0 amide bonds. The number of benzene rings is 2. The zero-order valence-corrected chi connectivity index (χ0v) is 23.6. The highest BCUT2D eigenvalue weighted by Gasteiger charge is 2.60. The van der Waals surface area contributed by atoms with Gasteiger partial charge >= 0.3 is 0 Å². The Labute approximate surface area is 213 Å². The van der Waals surface area contributed by atoms with Crippen molar-refractivity contribution in [3.63, 3.8) is 0 Å². The molecule has 1 aromatic heterocycles. The van der Waals surface area contributed by atoms with Crippen LogP contribution in [0.5, 0.6) is 0 Å². The molecule has 1 nitrogen and oxygen atoms in total. The summed E-state index contributed by atoms with van der Waals surface area (Å²) >= 11 is 0. The van der Waals surface area contributed by atoms with Gasteiger partial charge in [0.15, 0.2) is 11.7 Å². The van der Waals surface area contributed by atoms with Gasteiger partial charge in [0.05, 0.1) is 11.0 Å². The van der Waals surface area contributed by atoms with E-state index in [1.54, 1.807) is 5.56 Å². The van der Waals surface area contributed by atoms with Crippen LogP contribution in [0.4, 0.5) is 0 Å². The Balaban J connectivity index is 1.89. The number of nitrogens with zero attached hydrogens (tertiary/aromatic N) is 1. The van der Waals surface area contributed by atoms with E-state index in [4.69, 9.17) is 0 Å². The minimum absolute atomic E-state index is 0.00131. The van der Waals surface area contributed by atoms with Gasteiger partial charge in [0, 0.05) is 25.5 Å². The molecule has 2 heterocycles. The standard InChI is InChI=1S/C34H44N/c1-11-33(9)26-22-28-27(30(3,4)32(7,8)31(28,5)6)21-25(26)29-20-24(23-16-14-13-15-17-23)18-19-35(29)34(33,10)12-2/h13-22H,11-12H2,1-10H3/q+1. The molecule has 184 valence electrons. The predicted molar refractivity (Wildman–Crippen MR) is 149 cm³/mol. The van der Waals surface area contributed by atoms with E-state index in [1.165, 1.54) is 33.5 Å². The molecular formula is C34H44N+. The quantitative estimate of drug-likeness (QED) is 0.340. The normalized spacial score (nSPS) is 27.1. The zero-order valence-electron chi connectivity index (χ0n) is 23.6. The first-order valence-electron chi connectivity index (χ1n) is 13.6. The Hall–Kier alpha value is -2.41. The van der Waals surface area contributed by atoms with Gasteiger partial charge in [-0.3, -0.25) is 0 Å². The summed E-state index contributed by atoms with van der Waals surface area (Å²) < 4.78 is 2.61. The minimum Gasteiger partial charge on any atom is -0.192 e. The molecule has 2 aromatic carbocycles. The monoisotopic (exact) mass is 466 g/mol. The van der Waals surface area contributed by atoms with Gasteiger partial charge in [-0.2, -0.15) is 4.57 Å². The number of hydrogen-bond acceptors (Lipinski definition) is 0. The largest absolute Gasteiger partial charge is 0.213 e. The first kappa shape index (κ1) is 24.3. The number of fused-ring (bicyclic) bond motifs is 4. The van der Waals surface area contributed by atoms with Crippen molar-refractivity contribution in [1.82, 2.24) is 0 Å². The van der Waals surface area contributed by atoms with Gasteiger partial charge in [-0.25, -0.2) is 0 Å². The Morgan fingerprint density at radius 2 is 1.23 bits per heavy atom. The van der Waals surface area contributed by atoms with Crippen molar-refractivity contribution in [3.05, 3.63) is 77.5 Å². The molecule has 2 aliphatic rings. The van der Waals surface area contributed by atoms with Crippen LogP contribution in [0, 0.1) is 5.41 Å². The van der Waals surface area contributed by atoms with E-state index in [-0.39, 0.29) is 27.2 Å². The number of pyridine rings is 1. The maximum atomic E-state index is 2.64. The Morgan fingerprint density at radius 1 is 0.629 bits per heavy atom. The molecule has 2 unspecified atom stereocenters. The van der Waals surface area contributed by atoms with Crippen LogP contribution in [0.1, 0.15) is 98.8 Å². The molecule has 0 bridgehead atoms. The summed E-state index contributed by atoms with van der Waals surface area (Å²) in [6.45, 7) is 24.5. The molecule has 0 spiro atoms. The van der Waals surface area contributed by atoms with Crippen LogP contribution >= 0.6 is 0 Å². The molecule has 0 radical (unpaired) electrons. The van der Waals surface area contributed by atoms with Crippen LogP contribution in [0.25, 0.3) is 22.4 Å². The van der Waals surface area contributed by atoms with Crippen molar-refractivity contribution < 1.29 is 4.57 Å². The molecule has 35 heavy (non-hydrogen) atoms. The summed E-state index contributed by atoms with van der Waals surface area (Å²) in [5.74, 6) is 0. The molecule has 3 aromatic rings. The lowest BCUT2D eigenvalue weighted by Gasteiger charge is -2.46. The van der Waals surface area contributed by atoms with Crippen molar-refractivity contribution in [1.29, 1.82) is 0 Å². The van der Waals surface area contributed by atoms with E-state index < -0.39 is 0 Å². The fourth-order valence-electron chi connectivity index (χ4n) is 7.39. The van der Waals surface area contributed by atoms with E-state index in [0.29, 0.717) is 0 Å². The van der Waals surface area contributed by atoms with Crippen LogP contribution in [0.3, 0.4) is 0 Å². The lowest BCUT2D eigenvalue weighted by atomic mass is 9.59. The summed E-state index contributed by atoms with van der Waals surface area (Å²) in [7, 11) is 0. The fraction of sp³-hybridized carbons (Fsp3) is 0.500. The van der Waals surface area contributed by atoms with Crippen molar-refractivity contribution in [3.8, 4) is 22.4 Å². The van der Waals surface area contributed by atoms with E-state index in [0.717, 1.165) is 12.8 Å². The lowest BCUT2D eigenvalue weighted by molar-refractivity contribution is -0.765. The predicted octanol–water partition coefficient (Wildman–Crippen LogP) is 8.71. The summed E-state index contributed by atoms with van der Waals surface area (Å²) in [6.07, 6.45) is 4.57. The number of hydrogen-bond donors (Lipinski definition) is 0. The van der Waals surface area contributed by atoms with E-state index in [1.807, 2.05) is 0 Å². The third kappa shape index (κ3) is 2.79. The first-order valence-corrected chi connectivity index (χ1v) is 13.6. The van der Waals surface area contributed by atoms with Gasteiger partial charge in [-0.1, -0.05) is 91.8 Å². The topological polar surface area (TPSA) is 3.88 Å². The first-order chi connectivity index (χ1) is 16.3. The van der Waals surface area contributed by atoms with E-state index in [2.05, 4.69) is 135 Å². The zero-order chi connectivity index (χ0) is 25.6. The molecule has 1 aliphatic heterocycles. The molecule has 0 saturated heterocycles. The molecule has 1 heteroatoms. The SMILES string of the molecule is CCC1(C)c2cc3c(cc2-c2cc(-c4ccccc4)cc[n+]2C1(C)CC)C(C)(C)C(C)(C)C3(C)C. The summed E-state index contributed by atoms with van der Waals surface area (Å²) in [4.78, 5) is 0. The lowest BCUT2D eigenvalue weighted by Crippen LogP contribution is -2.67. The molecule has 0 saturated carbocycles. The van der Waals surface area contributed by atoms with Crippen molar-refractivity contribution in [2.24, 2.45) is 5.41 Å². The number of rotatable bonds is 3. The Kier molecular flexibility index (Phi) is 5.07. The molecule has 0 N–H and O–H groups in total. The van der Waals surface area contributed by atoms with Gasteiger partial charge in [-0.15, -0.1) is 0 Å². The van der Waals surface area contributed by atoms with Gasteiger partial charge in [0.2, 0.25) is 5.69 Å². The Morgan fingerprint density at radius 3 is 1.80 bits per heavy atom. The average Bonchev–Trinajstić information content (AvgIpc) is 2.95. The smallest absolute Gasteiger partial charge is 0.192 e. The molecule has 1 aliphatic carbocycles. The second-order valence-corrected chi connectivity index (χ2v) is 13.2. The van der Waals surface area contributed by atoms with Crippen molar-refractivity contribution in [2.45, 2.75) is 104 Å². The second kappa shape index (κ2) is 7.31. The van der Waals surface area contributed by atoms with Crippen LogP contribution in [0.15, 0.2) is 60.8 Å². The minimum atomic E-state index is 0.00131. The van der Waals surface area contributed by atoms with Crippen LogP contribution in [-0.4, -0.2) is 0 Å². The molecule has 0 fully saturated rings. The maximum absolute atomic E-state index is 2.64. The molecule has 5 rings (SSSR count). The molecule has 2 atom stereocenters. The van der Waals surface area contributed by atoms with Gasteiger partial charge in [0.1, 0.15) is 0 Å². The van der Waals surface area contributed by atoms with Crippen LogP contribution in [0.2, 0.25) is 0 Å². The van der Waals surface area contributed by atoms with Crippen LogP contribution in [-0.2, 0) is 21.8 Å². The average molecular weight is 467 g/mol. The summed E-state index contributed by atoms with van der Waals surface area (Å²) in [5, 5.41) is 0. The van der Waals surface area contributed by atoms with Gasteiger partial charge in [-0.05, 0) is 63.5 Å². The highest BCUT2D eigenvalue weighted by atomic mass is 15.1. The second-order valence-electron chi connectivity index (χ2n) is 13.2. The third-order valence-corrected chi connectivity index (χ3v) is 11.7. The van der Waals surface area contributed by atoms with Crippen molar-refractivity contribution in [2.75, 3.05) is 0 Å².